The van der Waals surface area contributed by atoms with Crippen LogP contribution in [0, 0.1) is 12.8 Å². The molecule has 2 atom stereocenters. The SMILES string of the molecule is Cc1nc(C2CN(C(=O)CN3CCCCCC3)CC2C(N)=O)n[nH]1. The summed E-state index contributed by atoms with van der Waals surface area (Å²) in [4.78, 5) is 32.8. The highest BCUT2D eigenvalue weighted by Crippen LogP contribution is 2.30. The number of likely N-dealkylation sites (tertiary alicyclic amines) is 2. The first-order chi connectivity index (χ1) is 11.5. The lowest BCUT2D eigenvalue weighted by Gasteiger charge is -2.23. The van der Waals surface area contributed by atoms with Gasteiger partial charge in [-0.2, -0.15) is 5.10 Å². The Bertz CT molecular complexity index is 593. The van der Waals surface area contributed by atoms with E-state index < -0.39 is 11.8 Å². The minimum absolute atomic E-state index is 0.0675. The van der Waals surface area contributed by atoms with Gasteiger partial charge in [0.15, 0.2) is 5.82 Å². The van der Waals surface area contributed by atoms with Gasteiger partial charge in [-0.3, -0.25) is 19.6 Å². The maximum Gasteiger partial charge on any atom is 0.236 e. The fraction of sp³-hybridized carbons (Fsp3) is 0.750. The molecule has 1 aromatic heterocycles. The molecule has 0 bridgehead atoms. The minimum atomic E-state index is -0.423. The number of aromatic nitrogens is 3. The molecule has 0 aromatic carbocycles. The van der Waals surface area contributed by atoms with Gasteiger partial charge in [-0.05, 0) is 32.9 Å². The van der Waals surface area contributed by atoms with Crippen LogP contribution in [0.1, 0.15) is 43.3 Å². The van der Waals surface area contributed by atoms with Crippen molar-refractivity contribution in [1.29, 1.82) is 0 Å². The molecule has 2 unspecified atom stereocenters. The van der Waals surface area contributed by atoms with Gasteiger partial charge in [0.05, 0.1) is 18.4 Å². The second-order valence-corrected chi connectivity index (χ2v) is 6.88. The monoisotopic (exact) mass is 334 g/mol. The fourth-order valence-corrected chi connectivity index (χ4v) is 3.67. The minimum Gasteiger partial charge on any atom is -0.369 e. The van der Waals surface area contributed by atoms with Crippen molar-refractivity contribution in [3.8, 4) is 0 Å². The number of aromatic amines is 1. The summed E-state index contributed by atoms with van der Waals surface area (Å²) >= 11 is 0. The van der Waals surface area contributed by atoms with E-state index >= 15 is 0 Å². The number of rotatable bonds is 4. The Balaban J connectivity index is 1.65. The van der Waals surface area contributed by atoms with Crippen LogP contribution in [0.4, 0.5) is 0 Å². The Labute approximate surface area is 141 Å². The molecule has 3 N–H and O–H groups in total. The van der Waals surface area contributed by atoms with Crippen LogP contribution in [0.25, 0.3) is 0 Å². The summed E-state index contributed by atoms with van der Waals surface area (Å²) in [5.74, 6) is 0.295. The zero-order valence-electron chi connectivity index (χ0n) is 14.2. The van der Waals surface area contributed by atoms with E-state index in [0.29, 0.717) is 31.3 Å². The average Bonchev–Trinajstić information content (AvgIpc) is 3.08. The van der Waals surface area contributed by atoms with Crippen molar-refractivity contribution < 1.29 is 9.59 Å². The number of hydrogen-bond acceptors (Lipinski definition) is 5. The third-order valence-electron chi connectivity index (χ3n) is 5.04. The van der Waals surface area contributed by atoms with Crippen LogP contribution >= 0.6 is 0 Å². The molecule has 8 nitrogen and oxygen atoms in total. The second kappa shape index (κ2) is 7.29. The molecule has 3 rings (SSSR count). The summed E-state index contributed by atoms with van der Waals surface area (Å²) in [6.45, 7) is 5.00. The lowest BCUT2D eigenvalue weighted by molar-refractivity contribution is -0.131. The van der Waals surface area contributed by atoms with Gasteiger partial charge in [0.25, 0.3) is 0 Å². The van der Waals surface area contributed by atoms with Crippen molar-refractivity contribution in [2.24, 2.45) is 11.7 Å². The topological polar surface area (TPSA) is 108 Å². The van der Waals surface area contributed by atoms with E-state index in [1.54, 1.807) is 4.90 Å². The summed E-state index contributed by atoms with van der Waals surface area (Å²) in [6.07, 6.45) is 4.78. The van der Waals surface area contributed by atoms with Gasteiger partial charge < -0.3 is 10.6 Å². The number of aryl methyl sites for hydroxylation is 1. The first-order valence-corrected chi connectivity index (χ1v) is 8.73. The van der Waals surface area contributed by atoms with Gasteiger partial charge in [0, 0.05) is 13.1 Å². The Morgan fingerprint density at radius 2 is 1.92 bits per heavy atom. The summed E-state index contributed by atoms with van der Waals surface area (Å²) in [5, 5.41) is 6.96. The zero-order chi connectivity index (χ0) is 17.1. The number of primary amides is 1. The lowest BCUT2D eigenvalue weighted by Crippen LogP contribution is -2.40. The molecule has 24 heavy (non-hydrogen) atoms. The van der Waals surface area contributed by atoms with E-state index in [4.69, 9.17) is 5.73 Å². The van der Waals surface area contributed by atoms with Crippen LogP contribution < -0.4 is 5.73 Å². The van der Waals surface area contributed by atoms with Crippen molar-refractivity contribution in [3.63, 3.8) is 0 Å². The molecule has 0 saturated carbocycles. The van der Waals surface area contributed by atoms with Crippen molar-refractivity contribution in [1.82, 2.24) is 25.0 Å². The molecular weight excluding hydrogens is 308 g/mol. The van der Waals surface area contributed by atoms with Crippen LogP contribution in [0.5, 0.6) is 0 Å². The number of amides is 2. The molecule has 2 aliphatic heterocycles. The van der Waals surface area contributed by atoms with Crippen LogP contribution in [0.2, 0.25) is 0 Å². The van der Waals surface area contributed by atoms with Crippen molar-refractivity contribution in [2.45, 2.75) is 38.5 Å². The van der Waals surface area contributed by atoms with Crippen LogP contribution in [0.15, 0.2) is 0 Å². The number of hydrogen-bond donors (Lipinski definition) is 2. The Kier molecular flexibility index (Phi) is 5.13. The predicted octanol–water partition coefficient (Wildman–Crippen LogP) is 0.0164. The summed E-state index contributed by atoms with van der Waals surface area (Å²) < 4.78 is 0. The maximum absolute atomic E-state index is 12.7. The van der Waals surface area contributed by atoms with E-state index in [1.807, 2.05) is 6.92 Å². The van der Waals surface area contributed by atoms with E-state index in [2.05, 4.69) is 20.1 Å². The summed E-state index contributed by atoms with van der Waals surface area (Å²) in [6, 6.07) is 0. The molecule has 0 radical (unpaired) electrons. The lowest BCUT2D eigenvalue weighted by atomic mass is 9.95. The van der Waals surface area contributed by atoms with Crippen molar-refractivity contribution in [3.05, 3.63) is 11.6 Å². The molecule has 132 valence electrons. The number of H-pyrrole nitrogens is 1. The Hall–Kier alpha value is -1.96. The standard InChI is InChI=1S/C16H26N6O2/c1-11-18-16(20-19-11)13-9-22(8-12(13)15(17)24)14(23)10-21-6-4-2-3-5-7-21/h12-13H,2-10H2,1H3,(H2,17,24)(H,18,19,20). The van der Waals surface area contributed by atoms with Gasteiger partial charge >= 0.3 is 0 Å². The van der Waals surface area contributed by atoms with Gasteiger partial charge in [-0.15, -0.1) is 0 Å². The molecule has 2 fully saturated rings. The number of nitrogens with zero attached hydrogens (tertiary/aromatic N) is 4. The first kappa shape index (κ1) is 16.9. The average molecular weight is 334 g/mol. The molecule has 0 spiro atoms. The van der Waals surface area contributed by atoms with E-state index in [9.17, 15) is 9.59 Å². The zero-order valence-corrected chi connectivity index (χ0v) is 14.2. The highest BCUT2D eigenvalue weighted by Gasteiger charge is 2.41. The van der Waals surface area contributed by atoms with Gasteiger partial charge in [-0.25, -0.2) is 4.98 Å². The molecule has 2 amide bonds. The summed E-state index contributed by atoms with van der Waals surface area (Å²) in [5.41, 5.74) is 5.55. The summed E-state index contributed by atoms with van der Waals surface area (Å²) in [7, 11) is 0. The second-order valence-electron chi connectivity index (χ2n) is 6.88. The molecular formula is C16H26N6O2. The number of nitrogens with one attached hydrogen (secondary N) is 1. The number of carbonyl (C=O) groups is 2. The molecule has 3 heterocycles. The Morgan fingerprint density at radius 1 is 1.21 bits per heavy atom. The van der Waals surface area contributed by atoms with Crippen LogP contribution in [-0.4, -0.2) is 69.5 Å². The molecule has 2 aliphatic rings. The third-order valence-corrected chi connectivity index (χ3v) is 5.04. The molecule has 8 heteroatoms. The van der Waals surface area contributed by atoms with Crippen molar-refractivity contribution >= 4 is 11.8 Å². The molecule has 0 aliphatic carbocycles. The smallest absolute Gasteiger partial charge is 0.236 e. The van der Waals surface area contributed by atoms with Crippen molar-refractivity contribution in [2.75, 3.05) is 32.7 Å². The Morgan fingerprint density at radius 3 is 2.50 bits per heavy atom. The maximum atomic E-state index is 12.7. The van der Waals surface area contributed by atoms with E-state index in [1.165, 1.54) is 12.8 Å². The number of nitrogens with two attached hydrogens (primary N) is 1. The molecule has 2 saturated heterocycles. The molecule has 1 aromatic rings. The van der Waals surface area contributed by atoms with E-state index in [0.717, 1.165) is 25.9 Å². The van der Waals surface area contributed by atoms with Gasteiger partial charge in [0.1, 0.15) is 5.82 Å². The highest BCUT2D eigenvalue weighted by molar-refractivity contribution is 5.83. The number of carbonyl (C=O) groups excluding carboxylic acids is 2. The largest absolute Gasteiger partial charge is 0.369 e. The van der Waals surface area contributed by atoms with Crippen LogP contribution in [0.3, 0.4) is 0 Å². The quantitative estimate of drug-likeness (QED) is 0.807. The first-order valence-electron chi connectivity index (χ1n) is 8.73. The normalized spacial score (nSPS) is 25.6. The fourth-order valence-electron chi connectivity index (χ4n) is 3.67. The van der Waals surface area contributed by atoms with Gasteiger partial charge in [-0.1, -0.05) is 12.8 Å². The third kappa shape index (κ3) is 3.75. The predicted molar refractivity (Wildman–Crippen MR) is 88.0 cm³/mol. The van der Waals surface area contributed by atoms with Crippen LogP contribution in [-0.2, 0) is 9.59 Å². The highest BCUT2D eigenvalue weighted by atomic mass is 16.2. The van der Waals surface area contributed by atoms with E-state index in [-0.39, 0.29) is 11.8 Å². The van der Waals surface area contributed by atoms with Gasteiger partial charge in [0.2, 0.25) is 11.8 Å².